The summed E-state index contributed by atoms with van der Waals surface area (Å²) in [6.07, 6.45) is 0.245. The van der Waals surface area contributed by atoms with Crippen molar-refractivity contribution < 1.29 is 27.3 Å². The van der Waals surface area contributed by atoms with E-state index < -0.39 is 37.3 Å². The number of esters is 1. The van der Waals surface area contributed by atoms with E-state index in [9.17, 15) is 27.7 Å². The molecule has 0 spiro atoms. The third-order valence-corrected chi connectivity index (χ3v) is 3.96. The van der Waals surface area contributed by atoms with Crippen LogP contribution >= 0.6 is 0 Å². The Morgan fingerprint density at radius 1 is 1.48 bits per heavy atom. The molecule has 0 aliphatic rings. The van der Waals surface area contributed by atoms with Crippen molar-refractivity contribution in [2.75, 3.05) is 13.7 Å². The summed E-state index contributed by atoms with van der Waals surface area (Å²) in [5.41, 5.74) is -0.806. The lowest BCUT2D eigenvalue weighted by atomic mass is 10.3. The molecule has 0 atom stereocenters. The standard InChI is InChI=1S/C11H13FN2O6S/c1-20-11(15)3-2-6-13-21(18,19)8-4-5-10(14(16)17)9(12)7-8/h4-5,7,13H,2-3,6H2,1H3. The Bertz CT molecular complexity index is 646. The number of hydrogen-bond donors (Lipinski definition) is 1. The van der Waals surface area contributed by atoms with Gasteiger partial charge in [0.05, 0.1) is 16.9 Å². The maximum atomic E-state index is 13.4. The molecule has 0 aliphatic heterocycles. The van der Waals surface area contributed by atoms with Gasteiger partial charge in [0.25, 0.3) is 0 Å². The van der Waals surface area contributed by atoms with Gasteiger partial charge in [-0.2, -0.15) is 4.39 Å². The van der Waals surface area contributed by atoms with Gasteiger partial charge in [0.1, 0.15) is 0 Å². The Kier molecular flexibility index (Phi) is 5.73. The van der Waals surface area contributed by atoms with Gasteiger partial charge < -0.3 is 4.74 Å². The number of carbonyl (C=O) groups excluding carboxylic acids is 1. The van der Waals surface area contributed by atoms with E-state index in [1.165, 1.54) is 7.11 Å². The lowest BCUT2D eigenvalue weighted by Crippen LogP contribution is -2.25. The second-order valence-corrected chi connectivity index (χ2v) is 5.71. The zero-order chi connectivity index (χ0) is 16.0. The van der Waals surface area contributed by atoms with Gasteiger partial charge in [0.2, 0.25) is 15.8 Å². The van der Waals surface area contributed by atoms with E-state index in [0.717, 1.165) is 12.1 Å². The van der Waals surface area contributed by atoms with Crippen LogP contribution in [0.25, 0.3) is 0 Å². The molecule has 0 bridgehead atoms. The highest BCUT2D eigenvalue weighted by atomic mass is 32.2. The molecule has 10 heteroatoms. The molecular weight excluding hydrogens is 307 g/mol. The van der Waals surface area contributed by atoms with Crippen molar-refractivity contribution in [3.05, 3.63) is 34.1 Å². The van der Waals surface area contributed by atoms with Crippen LogP contribution in [0.2, 0.25) is 0 Å². The minimum atomic E-state index is -3.99. The molecule has 0 amide bonds. The van der Waals surface area contributed by atoms with E-state index in [1.807, 2.05) is 0 Å². The van der Waals surface area contributed by atoms with Crippen molar-refractivity contribution in [3.63, 3.8) is 0 Å². The van der Waals surface area contributed by atoms with E-state index in [4.69, 9.17) is 0 Å². The van der Waals surface area contributed by atoms with Gasteiger partial charge in [0.15, 0.2) is 0 Å². The summed E-state index contributed by atoms with van der Waals surface area (Å²) in [4.78, 5) is 19.9. The molecule has 1 aromatic rings. The number of ether oxygens (including phenoxy) is 1. The zero-order valence-corrected chi connectivity index (χ0v) is 11.9. The van der Waals surface area contributed by atoms with E-state index in [1.54, 1.807) is 0 Å². The average molecular weight is 320 g/mol. The molecule has 0 saturated heterocycles. The van der Waals surface area contributed by atoms with Crippen LogP contribution in [0.15, 0.2) is 23.1 Å². The van der Waals surface area contributed by atoms with Crippen LogP contribution in [0.3, 0.4) is 0 Å². The highest BCUT2D eigenvalue weighted by Crippen LogP contribution is 2.20. The second kappa shape index (κ2) is 7.09. The number of nitrogens with zero attached hydrogens (tertiary/aromatic N) is 1. The van der Waals surface area contributed by atoms with Crippen LogP contribution < -0.4 is 4.72 Å². The van der Waals surface area contributed by atoms with Crippen molar-refractivity contribution in [3.8, 4) is 0 Å². The predicted octanol–water partition coefficient (Wildman–Crippen LogP) is 0.965. The first-order valence-corrected chi connectivity index (χ1v) is 7.26. The van der Waals surface area contributed by atoms with E-state index in [0.29, 0.717) is 6.07 Å². The van der Waals surface area contributed by atoms with Crippen LogP contribution in [0.1, 0.15) is 12.8 Å². The largest absolute Gasteiger partial charge is 0.469 e. The summed E-state index contributed by atoms with van der Waals surface area (Å²) in [5, 5.41) is 10.4. The SMILES string of the molecule is COC(=O)CCCNS(=O)(=O)c1ccc([N+](=O)[O-])c(F)c1. The van der Waals surface area contributed by atoms with Crippen molar-refractivity contribution in [2.24, 2.45) is 0 Å². The van der Waals surface area contributed by atoms with Crippen LogP contribution in [-0.4, -0.2) is 33.0 Å². The molecule has 1 rings (SSSR count). The van der Waals surface area contributed by atoms with Crippen LogP contribution in [0, 0.1) is 15.9 Å². The first kappa shape index (κ1) is 17.0. The fourth-order valence-corrected chi connectivity index (χ4v) is 2.51. The van der Waals surface area contributed by atoms with Gasteiger partial charge in [-0.3, -0.25) is 14.9 Å². The molecule has 0 aliphatic carbocycles. The first-order valence-electron chi connectivity index (χ1n) is 5.78. The smallest absolute Gasteiger partial charge is 0.305 e. The topological polar surface area (TPSA) is 116 Å². The van der Waals surface area contributed by atoms with Crippen molar-refractivity contribution in [1.82, 2.24) is 4.72 Å². The molecule has 1 aromatic carbocycles. The van der Waals surface area contributed by atoms with E-state index in [2.05, 4.69) is 9.46 Å². The first-order chi connectivity index (χ1) is 9.77. The number of hydrogen-bond acceptors (Lipinski definition) is 6. The zero-order valence-electron chi connectivity index (χ0n) is 11.0. The Morgan fingerprint density at radius 3 is 2.67 bits per heavy atom. The third-order valence-electron chi connectivity index (χ3n) is 2.50. The summed E-state index contributed by atoms with van der Waals surface area (Å²) in [6.45, 7) is -0.0456. The average Bonchev–Trinajstić information content (AvgIpc) is 2.42. The number of benzene rings is 1. The van der Waals surface area contributed by atoms with Crippen LogP contribution in [-0.2, 0) is 19.6 Å². The molecule has 0 fully saturated rings. The second-order valence-electron chi connectivity index (χ2n) is 3.95. The maximum Gasteiger partial charge on any atom is 0.305 e. The van der Waals surface area contributed by atoms with Gasteiger partial charge >= 0.3 is 11.7 Å². The monoisotopic (exact) mass is 320 g/mol. The summed E-state index contributed by atoms with van der Waals surface area (Å²) >= 11 is 0. The van der Waals surface area contributed by atoms with Crippen molar-refractivity contribution >= 4 is 21.7 Å². The van der Waals surface area contributed by atoms with E-state index in [-0.39, 0.29) is 19.4 Å². The Morgan fingerprint density at radius 2 is 2.14 bits per heavy atom. The molecule has 116 valence electrons. The van der Waals surface area contributed by atoms with Crippen LogP contribution in [0.5, 0.6) is 0 Å². The lowest BCUT2D eigenvalue weighted by molar-refractivity contribution is -0.387. The summed E-state index contributed by atoms with van der Waals surface area (Å²) in [7, 11) is -2.78. The molecule has 0 saturated carbocycles. The quantitative estimate of drug-likeness (QED) is 0.346. The van der Waals surface area contributed by atoms with Crippen molar-refractivity contribution in [1.29, 1.82) is 0 Å². The highest BCUT2D eigenvalue weighted by molar-refractivity contribution is 7.89. The normalized spacial score (nSPS) is 11.1. The Hall–Kier alpha value is -2.07. The fraction of sp³-hybridized carbons (Fsp3) is 0.364. The molecule has 0 heterocycles. The van der Waals surface area contributed by atoms with Gasteiger partial charge in [-0.05, 0) is 12.5 Å². The number of nitro groups is 1. The van der Waals surface area contributed by atoms with E-state index >= 15 is 0 Å². The number of rotatable bonds is 7. The van der Waals surface area contributed by atoms with Crippen LogP contribution in [0.4, 0.5) is 10.1 Å². The van der Waals surface area contributed by atoms with Gasteiger partial charge in [-0.15, -0.1) is 0 Å². The molecule has 0 aromatic heterocycles. The summed E-state index contributed by atoms with van der Waals surface area (Å²) < 4.78 is 43.6. The number of nitro benzene ring substituents is 1. The number of halogens is 1. The Labute approximate surface area is 120 Å². The Balaban J connectivity index is 2.73. The molecular formula is C11H13FN2O6S. The third kappa shape index (κ3) is 4.76. The minimum absolute atomic E-state index is 0.0354. The molecule has 0 radical (unpaired) electrons. The maximum absolute atomic E-state index is 13.4. The van der Waals surface area contributed by atoms with Gasteiger partial charge in [-0.25, -0.2) is 13.1 Å². The molecule has 1 N–H and O–H groups in total. The molecule has 8 nitrogen and oxygen atoms in total. The summed E-state index contributed by atoms with van der Waals surface area (Å²) in [5.74, 6) is -1.71. The molecule has 0 unspecified atom stereocenters. The number of nitrogens with one attached hydrogen (secondary N) is 1. The highest BCUT2D eigenvalue weighted by Gasteiger charge is 2.20. The number of sulfonamides is 1. The van der Waals surface area contributed by atoms with Crippen molar-refractivity contribution in [2.45, 2.75) is 17.7 Å². The summed E-state index contributed by atoms with van der Waals surface area (Å²) in [6, 6.07) is 2.28. The van der Waals surface area contributed by atoms with Gasteiger partial charge in [-0.1, -0.05) is 0 Å². The minimum Gasteiger partial charge on any atom is -0.469 e. The number of carbonyl (C=O) groups is 1. The fourth-order valence-electron chi connectivity index (χ4n) is 1.43. The van der Waals surface area contributed by atoms with Gasteiger partial charge in [0, 0.05) is 25.1 Å². The lowest BCUT2D eigenvalue weighted by Gasteiger charge is -2.06. The predicted molar refractivity (Wildman–Crippen MR) is 69.5 cm³/mol. The number of methoxy groups -OCH3 is 1. The molecule has 21 heavy (non-hydrogen) atoms.